The number of halogens is 3. The van der Waals surface area contributed by atoms with Gasteiger partial charge >= 0.3 is 0 Å². The molecule has 2 aromatic rings. The minimum absolute atomic E-state index is 0.00850. The molecule has 0 aliphatic rings. The van der Waals surface area contributed by atoms with Crippen LogP contribution in [0.15, 0.2) is 41.3 Å². The normalized spacial score (nSPS) is 10.2. The van der Waals surface area contributed by atoms with Gasteiger partial charge in [0.1, 0.15) is 11.6 Å². The van der Waals surface area contributed by atoms with Gasteiger partial charge in [-0.3, -0.25) is 20.4 Å². The lowest BCUT2D eigenvalue weighted by molar-refractivity contribution is -0.119. The summed E-state index contributed by atoms with van der Waals surface area (Å²) >= 11 is 13.0. The zero-order valence-electron chi connectivity index (χ0n) is 12.9. The van der Waals surface area contributed by atoms with Crippen molar-refractivity contribution in [2.45, 2.75) is 4.90 Å². The maximum absolute atomic E-state index is 13.8. The first kappa shape index (κ1) is 19.4. The van der Waals surface area contributed by atoms with Gasteiger partial charge in [-0.2, -0.15) is 0 Å². The molecule has 132 valence electrons. The summed E-state index contributed by atoms with van der Waals surface area (Å²) < 4.78 is 18.6. The number of benzene rings is 2. The van der Waals surface area contributed by atoms with Crippen LogP contribution in [0.2, 0.25) is 10.0 Å². The predicted molar refractivity (Wildman–Crippen MR) is 95.7 cm³/mol. The number of rotatable bonds is 5. The van der Waals surface area contributed by atoms with Crippen LogP contribution in [-0.4, -0.2) is 24.7 Å². The average molecular weight is 403 g/mol. The lowest BCUT2D eigenvalue weighted by Crippen LogP contribution is -2.42. The van der Waals surface area contributed by atoms with Crippen molar-refractivity contribution in [1.29, 1.82) is 0 Å². The van der Waals surface area contributed by atoms with Crippen LogP contribution in [0.4, 0.5) is 4.39 Å². The predicted octanol–water partition coefficient (Wildman–Crippen LogP) is 3.69. The zero-order valence-corrected chi connectivity index (χ0v) is 15.3. The number of methoxy groups -OCH3 is 1. The number of amides is 2. The SMILES string of the molecule is COc1ccc(C(=O)NNC(=O)CSc2cc(Cl)ccc2Cl)c(F)c1. The largest absolute Gasteiger partial charge is 0.497 e. The number of nitrogens with one attached hydrogen (secondary N) is 2. The molecule has 0 aromatic heterocycles. The van der Waals surface area contributed by atoms with E-state index in [0.29, 0.717) is 14.9 Å². The first-order chi connectivity index (χ1) is 11.9. The van der Waals surface area contributed by atoms with Gasteiger partial charge in [-0.25, -0.2) is 4.39 Å². The van der Waals surface area contributed by atoms with Crippen LogP contribution in [0.25, 0.3) is 0 Å². The van der Waals surface area contributed by atoms with Gasteiger partial charge in [0.25, 0.3) is 5.91 Å². The molecule has 0 spiro atoms. The van der Waals surface area contributed by atoms with Crippen molar-refractivity contribution in [3.05, 3.63) is 57.8 Å². The summed E-state index contributed by atoms with van der Waals surface area (Å²) in [4.78, 5) is 24.3. The van der Waals surface area contributed by atoms with E-state index in [2.05, 4.69) is 10.9 Å². The van der Waals surface area contributed by atoms with Gasteiger partial charge in [-0.15, -0.1) is 11.8 Å². The Bertz CT molecular complexity index is 805. The molecule has 0 bridgehead atoms. The number of hydrazine groups is 1. The molecule has 9 heteroatoms. The summed E-state index contributed by atoms with van der Waals surface area (Å²) in [6, 6.07) is 8.67. The van der Waals surface area contributed by atoms with Crippen molar-refractivity contribution in [2.75, 3.05) is 12.9 Å². The molecule has 0 heterocycles. The summed E-state index contributed by atoms with van der Waals surface area (Å²) in [6.07, 6.45) is 0. The van der Waals surface area contributed by atoms with Crippen molar-refractivity contribution >= 4 is 46.8 Å². The monoisotopic (exact) mass is 402 g/mol. The number of carbonyl (C=O) groups excluding carboxylic acids is 2. The Hall–Kier alpha value is -1.96. The van der Waals surface area contributed by atoms with E-state index in [-0.39, 0.29) is 17.1 Å². The van der Waals surface area contributed by atoms with Crippen molar-refractivity contribution in [2.24, 2.45) is 0 Å². The van der Waals surface area contributed by atoms with Gasteiger partial charge in [-0.05, 0) is 30.3 Å². The van der Waals surface area contributed by atoms with E-state index >= 15 is 0 Å². The Labute approximate surface area is 157 Å². The summed E-state index contributed by atoms with van der Waals surface area (Å²) in [5, 5.41) is 0.960. The standard InChI is InChI=1S/C16H13Cl2FN2O3S/c1-24-10-3-4-11(13(19)7-10)16(23)21-20-15(22)8-25-14-6-9(17)2-5-12(14)18/h2-7H,8H2,1H3,(H,20,22)(H,21,23). The van der Waals surface area contributed by atoms with Crippen LogP contribution in [-0.2, 0) is 4.79 Å². The van der Waals surface area contributed by atoms with Gasteiger partial charge in [0.05, 0.1) is 23.4 Å². The Balaban J connectivity index is 1.87. The molecule has 2 amide bonds. The van der Waals surface area contributed by atoms with E-state index in [1.165, 1.54) is 19.2 Å². The molecule has 0 radical (unpaired) electrons. The van der Waals surface area contributed by atoms with E-state index in [9.17, 15) is 14.0 Å². The van der Waals surface area contributed by atoms with Crippen LogP contribution in [0.3, 0.4) is 0 Å². The fraction of sp³-hybridized carbons (Fsp3) is 0.125. The van der Waals surface area contributed by atoms with Crippen LogP contribution in [0, 0.1) is 5.82 Å². The summed E-state index contributed by atoms with van der Waals surface area (Å²) in [5.74, 6) is -1.74. The fourth-order valence-corrected chi connectivity index (χ4v) is 3.06. The molecular weight excluding hydrogens is 390 g/mol. The highest BCUT2D eigenvalue weighted by atomic mass is 35.5. The first-order valence-electron chi connectivity index (χ1n) is 6.91. The van der Waals surface area contributed by atoms with Gasteiger partial charge in [0.2, 0.25) is 5.91 Å². The second-order valence-corrected chi connectivity index (χ2v) is 6.57. The molecule has 0 fully saturated rings. The van der Waals surface area contributed by atoms with Crippen molar-refractivity contribution < 1.29 is 18.7 Å². The smallest absolute Gasteiger partial charge is 0.272 e. The number of thioether (sulfide) groups is 1. The lowest BCUT2D eigenvalue weighted by atomic mass is 10.2. The molecule has 0 aliphatic carbocycles. The first-order valence-corrected chi connectivity index (χ1v) is 8.65. The molecular formula is C16H13Cl2FN2O3S. The van der Waals surface area contributed by atoms with Crippen molar-refractivity contribution in [3.8, 4) is 5.75 Å². The number of carbonyl (C=O) groups is 2. The van der Waals surface area contributed by atoms with E-state index in [1.54, 1.807) is 18.2 Å². The minimum Gasteiger partial charge on any atom is -0.497 e. The maximum Gasteiger partial charge on any atom is 0.272 e. The van der Waals surface area contributed by atoms with E-state index < -0.39 is 17.6 Å². The maximum atomic E-state index is 13.8. The highest BCUT2D eigenvalue weighted by Gasteiger charge is 2.14. The molecule has 5 nitrogen and oxygen atoms in total. The molecule has 0 atom stereocenters. The van der Waals surface area contributed by atoms with Crippen LogP contribution in [0.1, 0.15) is 10.4 Å². The molecule has 0 saturated carbocycles. The Morgan fingerprint density at radius 1 is 1.16 bits per heavy atom. The summed E-state index contributed by atoms with van der Waals surface area (Å²) in [5.41, 5.74) is 4.14. The van der Waals surface area contributed by atoms with Crippen LogP contribution < -0.4 is 15.6 Å². The van der Waals surface area contributed by atoms with Crippen LogP contribution >= 0.6 is 35.0 Å². The Kier molecular flexibility index (Phi) is 6.92. The number of hydrogen-bond acceptors (Lipinski definition) is 4. The lowest BCUT2D eigenvalue weighted by Gasteiger charge is -2.09. The zero-order chi connectivity index (χ0) is 18.4. The Morgan fingerprint density at radius 3 is 2.60 bits per heavy atom. The third kappa shape index (κ3) is 5.52. The molecule has 2 rings (SSSR count). The third-order valence-corrected chi connectivity index (χ3v) is 4.72. The highest BCUT2D eigenvalue weighted by Crippen LogP contribution is 2.29. The van der Waals surface area contributed by atoms with E-state index in [1.807, 2.05) is 0 Å². The highest BCUT2D eigenvalue weighted by molar-refractivity contribution is 8.00. The Morgan fingerprint density at radius 2 is 1.92 bits per heavy atom. The quantitative estimate of drug-likeness (QED) is 0.590. The number of hydrogen-bond donors (Lipinski definition) is 2. The third-order valence-electron chi connectivity index (χ3n) is 2.99. The average Bonchev–Trinajstić information content (AvgIpc) is 2.60. The molecule has 25 heavy (non-hydrogen) atoms. The summed E-state index contributed by atoms with van der Waals surface area (Å²) in [6.45, 7) is 0. The second kappa shape index (κ2) is 8.94. The molecule has 0 saturated heterocycles. The van der Waals surface area contributed by atoms with Gasteiger partial charge in [-0.1, -0.05) is 23.2 Å². The topological polar surface area (TPSA) is 67.4 Å². The number of ether oxygens (including phenoxy) is 1. The summed E-state index contributed by atoms with van der Waals surface area (Å²) in [7, 11) is 1.39. The van der Waals surface area contributed by atoms with Gasteiger partial charge < -0.3 is 4.74 Å². The molecule has 2 N–H and O–H groups in total. The van der Waals surface area contributed by atoms with Crippen molar-refractivity contribution in [3.63, 3.8) is 0 Å². The fourth-order valence-electron chi connectivity index (χ4n) is 1.77. The molecule has 0 aliphatic heterocycles. The van der Waals surface area contributed by atoms with Crippen molar-refractivity contribution in [1.82, 2.24) is 10.9 Å². The van der Waals surface area contributed by atoms with E-state index in [0.717, 1.165) is 17.8 Å². The van der Waals surface area contributed by atoms with Gasteiger partial charge in [0.15, 0.2) is 0 Å². The van der Waals surface area contributed by atoms with E-state index in [4.69, 9.17) is 27.9 Å². The molecule has 0 unspecified atom stereocenters. The second-order valence-electron chi connectivity index (χ2n) is 4.71. The van der Waals surface area contributed by atoms with Gasteiger partial charge in [0, 0.05) is 16.0 Å². The molecule has 2 aromatic carbocycles. The van der Waals surface area contributed by atoms with Crippen LogP contribution in [0.5, 0.6) is 5.75 Å². The minimum atomic E-state index is -0.778.